The molecule has 1 N–H and O–H groups in total. The van der Waals surface area contributed by atoms with Gasteiger partial charge in [-0.25, -0.2) is 0 Å². The second-order valence-electron chi connectivity index (χ2n) is 7.29. The topological polar surface area (TPSA) is 29.5 Å². The van der Waals surface area contributed by atoms with Crippen LogP contribution in [0.3, 0.4) is 0 Å². The molecular weight excluding hydrogens is 300 g/mol. The maximum Gasteiger partial charge on any atom is 0.0917 e. The van der Waals surface area contributed by atoms with Crippen molar-refractivity contribution in [2.45, 2.75) is 64.8 Å². The van der Waals surface area contributed by atoms with Crippen molar-refractivity contribution in [2.24, 2.45) is 0 Å². The van der Waals surface area contributed by atoms with E-state index in [1.807, 2.05) is 18.2 Å². The summed E-state index contributed by atoms with van der Waals surface area (Å²) in [6.45, 7) is 15.3. The van der Waals surface area contributed by atoms with Crippen molar-refractivity contribution in [1.29, 1.82) is 0 Å². The third kappa shape index (κ3) is 4.79. The van der Waals surface area contributed by atoms with Gasteiger partial charge in [0.25, 0.3) is 0 Å². The Morgan fingerprint density at radius 2 is 1.52 bits per heavy atom. The van der Waals surface area contributed by atoms with Crippen LogP contribution in [0, 0.1) is 0 Å². The molecule has 0 bridgehead atoms. The fourth-order valence-corrected chi connectivity index (χ4v) is 11.3. The van der Waals surface area contributed by atoms with Crippen LogP contribution < -0.4 is 0 Å². The predicted molar refractivity (Wildman–Crippen MR) is 102 cm³/mol. The Hall–Kier alpha value is -0.903. The van der Waals surface area contributed by atoms with Gasteiger partial charge in [0.2, 0.25) is 0 Å². The molecule has 0 aromatic heterocycles. The highest BCUT2D eigenvalue weighted by atomic mass is 28.3. The predicted octanol–water partition coefficient (Wildman–Crippen LogP) is 5.34. The van der Waals surface area contributed by atoms with Crippen LogP contribution in [-0.4, -0.2) is 26.4 Å². The summed E-state index contributed by atoms with van der Waals surface area (Å²) in [4.78, 5) is 0. The van der Waals surface area contributed by atoms with Crippen LogP contribution in [0.5, 0.6) is 0 Å². The number of aliphatic hydroxyl groups excluding tert-OH is 1. The Labute approximate surface area is 143 Å². The van der Waals surface area contributed by atoms with Crippen LogP contribution in [0.25, 0.3) is 0 Å². The van der Waals surface area contributed by atoms with Gasteiger partial charge in [-0.15, -0.1) is 0 Å². The molecule has 0 saturated carbocycles. The van der Waals surface area contributed by atoms with E-state index in [4.69, 9.17) is 4.74 Å². The first-order chi connectivity index (χ1) is 10.9. The molecule has 0 unspecified atom stereocenters. The van der Waals surface area contributed by atoms with E-state index in [1.54, 1.807) is 0 Å². The lowest BCUT2D eigenvalue weighted by molar-refractivity contribution is 0.148. The molecule has 2 nitrogen and oxygen atoms in total. The third-order valence-electron chi connectivity index (χ3n) is 5.15. The summed E-state index contributed by atoms with van der Waals surface area (Å²) >= 11 is 0. The van der Waals surface area contributed by atoms with Crippen LogP contribution in [0.1, 0.15) is 47.1 Å². The van der Waals surface area contributed by atoms with E-state index in [-0.39, 0.29) is 6.61 Å². The number of rotatable bonds is 9. The van der Waals surface area contributed by atoms with Crippen molar-refractivity contribution in [3.05, 3.63) is 47.2 Å². The van der Waals surface area contributed by atoms with Gasteiger partial charge in [0.05, 0.1) is 27.9 Å². The number of hydrogen-bond donors (Lipinski definition) is 1. The van der Waals surface area contributed by atoms with E-state index in [0.29, 0.717) is 29.8 Å². The Bertz CT molecular complexity index is 456. The summed E-state index contributed by atoms with van der Waals surface area (Å²) in [6, 6.07) is 10.2. The van der Waals surface area contributed by atoms with E-state index in [2.05, 4.69) is 59.8 Å². The van der Waals surface area contributed by atoms with E-state index in [1.165, 1.54) is 10.8 Å². The van der Waals surface area contributed by atoms with E-state index >= 15 is 0 Å². The van der Waals surface area contributed by atoms with Crippen molar-refractivity contribution >= 4 is 8.07 Å². The van der Waals surface area contributed by atoms with Gasteiger partial charge in [-0.1, -0.05) is 83.1 Å². The Kier molecular flexibility index (Phi) is 8.24. The van der Waals surface area contributed by atoms with Gasteiger partial charge in [-0.3, -0.25) is 0 Å². The smallest absolute Gasteiger partial charge is 0.0917 e. The van der Waals surface area contributed by atoms with Gasteiger partial charge in [0.1, 0.15) is 0 Å². The van der Waals surface area contributed by atoms with Crippen molar-refractivity contribution in [3.8, 4) is 0 Å². The van der Waals surface area contributed by atoms with Crippen LogP contribution >= 0.6 is 0 Å². The standard InChI is InChI=1S/C20H34O2Si/c1-16(2)23(17(3)4,18(5)6)20(14-21)12-13-22-15-19-10-8-7-9-11-19/h7-12,16-18,21H,13-15H2,1-6H3/b20-12+. The summed E-state index contributed by atoms with van der Waals surface area (Å²) in [7, 11) is -1.76. The van der Waals surface area contributed by atoms with E-state index in [9.17, 15) is 5.11 Å². The lowest BCUT2D eigenvalue weighted by Gasteiger charge is -2.45. The Balaban J connectivity index is 2.86. The van der Waals surface area contributed by atoms with Crippen molar-refractivity contribution in [1.82, 2.24) is 0 Å². The Morgan fingerprint density at radius 3 is 1.96 bits per heavy atom. The maximum absolute atomic E-state index is 10.0. The number of benzene rings is 1. The van der Waals surface area contributed by atoms with Crippen molar-refractivity contribution in [3.63, 3.8) is 0 Å². The van der Waals surface area contributed by atoms with Crippen LogP contribution in [0.15, 0.2) is 41.6 Å². The second kappa shape index (κ2) is 9.41. The molecule has 3 heteroatoms. The quantitative estimate of drug-likeness (QED) is 0.488. The number of ether oxygens (including phenoxy) is 1. The molecule has 130 valence electrons. The maximum atomic E-state index is 10.0. The molecule has 0 saturated heterocycles. The molecule has 0 atom stereocenters. The summed E-state index contributed by atoms with van der Waals surface area (Å²) in [6.07, 6.45) is 2.16. The zero-order chi connectivity index (χ0) is 17.5. The molecule has 1 rings (SSSR count). The van der Waals surface area contributed by atoms with Gasteiger partial charge < -0.3 is 9.84 Å². The van der Waals surface area contributed by atoms with E-state index < -0.39 is 8.07 Å². The third-order valence-corrected chi connectivity index (χ3v) is 12.4. The largest absolute Gasteiger partial charge is 0.392 e. The molecule has 0 heterocycles. The summed E-state index contributed by atoms with van der Waals surface area (Å²) < 4.78 is 5.82. The average molecular weight is 335 g/mol. The highest BCUT2D eigenvalue weighted by Crippen LogP contribution is 2.46. The fourth-order valence-electron chi connectivity index (χ4n) is 4.40. The van der Waals surface area contributed by atoms with Gasteiger partial charge in [0, 0.05) is 0 Å². The van der Waals surface area contributed by atoms with Crippen LogP contribution in [0.4, 0.5) is 0 Å². The highest BCUT2D eigenvalue weighted by Gasteiger charge is 2.45. The van der Waals surface area contributed by atoms with Crippen molar-refractivity contribution in [2.75, 3.05) is 13.2 Å². The number of hydrogen-bond acceptors (Lipinski definition) is 2. The molecule has 0 aliphatic rings. The normalized spacial score (nSPS) is 13.4. The minimum atomic E-state index is -1.76. The first-order valence-corrected chi connectivity index (χ1v) is 11.0. The highest BCUT2D eigenvalue weighted by molar-refractivity contribution is 6.89. The van der Waals surface area contributed by atoms with Crippen LogP contribution in [-0.2, 0) is 11.3 Å². The Morgan fingerprint density at radius 1 is 1.00 bits per heavy atom. The first-order valence-electron chi connectivity index (χ1n) is 8.79. The molecule has 0 aliphatic heterocycles. The molecule has 23 heavy (non-hydrogen) atoms. The molecule has 0 aliphatic carbocycles. The summed E-state index contributed by atoms with van der Waals surface area (Å²) in [5.41, 5.74) is 3.01. The van der Waals surface area contributed by atoms with Crippen LogP contribution in [0.2, 0.25) is 16.6 Å². The lowest BCUT2D eigenvalue weighted by Crippen LogP contribution is -2.48. The van der Waals surface area contributed by atoms with Gasteiger partial charge in [-0.2, -0.15) is 0 Å². The average Bonchev–Trinajstić information content (AvgIpc) is 2.50. The SMILES string of the molecule is CC(C)[Si](/C(=C/COCc1ccccc1)CO)(C(C)C)C(C)C. The van der Waals surface area contributed by atoms with Crippen molar-refractivity contribution < 1.29 is 9.84 Å². The molecule has 1 aromatic carbocycles. The molecule has 0 spiro atoms. The minimum absolute atomic E-state index is 0.162. The fraction of sp³-hybridized carbons (Fsp3) is 0.600. The first kappa shape index (κ1) is 20.1. The zero-order valence-corrected chi connectivity index (χ0v) is 16.7. The minimum Gasteiger partial charge on any atom is -0.392 e. The molecule has 1 aromatic rings. The second-order valence-corrected chi connectivity index (χ2v) is 13.3. The molecular formula is C20H34O2Si. The monoisotopic (exact) mass is 334 g/mol. The van der Waals surface area contributed by atoms with Gasteiger partial charge >= 0.3 is 0 Å². The van der Waals surface area contributed by atoms with Gasteiger partial charge in [0.15, 0.2) is 0 Å². The van der Waals surface area contributed by atoms with Gasteiger partial charge in [-0.05, 0) is 22.2 Å². The molecule has 0 radical (unpaired) electrons. The lowest BCUT2D eigenvalue weighted by atomic mass is 10.2. The number of aliphatic hydroxyl groups is 1. The molecule has 0 amide bonds. The molecule has 0 fully saturated rings. The summed E-state index contributed by atoms with van der Waals surface area (Å²) in [5.74, 6) is 0. The zero-order valence-electron chi connectivity index (χ0n) is 15.7. The summed E-state index contributed by atoms with van der Waals surface area (Å²) in [5, 5.41) is 11.3. The van der Waals surface area contributed by atoms with E-state index in [0.717, 1.165) is 0 Å².